The van der Waals surface area contributed by atoms with Crippen LogP contribution in [-0.2, 0) is 6.42 Å². The van der Waals surface area contributed by atoms with Gasteiger partial charge in [0.15, 0.2) is 0 Å². The van der Waals surface area contributed by atoms with E-state index in [1.165, 1.54) is 17.2 Å². The Bertz CT molecular complexity index is 507. The SMILES string of the molecule is CCNC(Cc1ccccc1F)c1cscc1C. The van der Waals surface area contributed by atoms with Gasteiger partial charge in [-0.1, -0.05) is 25.1 Å². The van der Waals surface area contributed by atoms with E-state index in [-0.39, 0.29) is 11.9 Å². The highest BCUT2D eigenvalue weighted by atomic mass is 32.1. The molecule has 96 valence electrons. The first-order valence-corrected chi connectivity index (χ1v) is 7.16. The van der Waals surface area contributed by atoms with Gasteiger partial charge in [-0.15, -0.1) is 0 Å². The van der Waals surface area contributed by atoms with Gasteiger partial charge in [-0.2, -0.15) is 11.3 Å². The highest BCUT2D eigenvalue weighted by molar-refractivity contribution is 7.08. The number of benzene rings is 1. The monoisotopic (exact) mass is 263 g/mol. The molecule has 1 atom stereocenters. The summed E-state index contributed by atoms with van der Waals surface area (Å²) >= 11 is 1.70. The Morgan fingerprint density at radius 2 is 2.06 bits per heavy atom. The Balaban J connectivity index is 2.22. The van der Waals surface area contributed by atoms with Gasteiger partial charge in [0.1, 0.15) is 5.82 Å². The lowest BCUT2D eigenvalue weighted by atomic mass is 9.98. The molecule has 2 aromatic rings. The van der Waals surface area contributed by atoms with Crippen molar-refractivity contribution >= 4 is 11.3 Å². The Morgan fingerprint density at radius 1 is 1.28 bits per heavy atom. The molecule has 2 rings (SSSR count). The Hall–Kier alpha value is -1.19. The summed E-state index contributed by atoms with van der Waals surface area (Å²) in [6, 6.07) is 7.21. The van der Waals surface area contributed by atoms with E-state index in [0.29, 0.717) is 6.42 Å². The molecule has 1 N–H and O–H groups in total. The van der Waals surface area contributed by atoms with Gasteiger partial charge in [0.05, 0.1) is 0 Å². The molecule has 0 fully saturated rings. The molecule has 0 aliphatic rings. The number of hydrogen-bond acceptors (Lipinski definition) is 2. The first-order valence-electron chi connectivity index (χ1n) is 6.21. The van der Waals surface area contributed by atoms with Crippen molar-refractivity contribution < 1.29 is 4.39 Å². The van der Waals surface area contributed by atoms with E-state index in [1.54, 1.807) is 17.4 Å². The molecule has 0 amide bonds. The summed E-state index contributed by atoms with van der Waals surface area (Å²) in [6.45, 7) is 5.07. The molecule has 0 radical (unpaired) electrons. The predicted octanol–water partition coefficient (Wildman–Crippen LogP) is 4.09. The largest absolute Gasteiger partial charge is 0.310 e. The molecule has 0 saturated heterocycles. The summed E-state index contributed by atoms with van der Waals surface area (Å²) in [4.78, 5) is 0. The molecule has 18 heavy (non-hydrogen) atoms. The van der Waals surface area contributed by atoms with E-state index < -0.39 is 0 Å². The van der Waals surface area contributed by atoms with Gasteiger partial charge in [0.2, 0.25) is 0 Å². The third-order valence-electron chi connectivity index (χ3n) is 3.10. The summed E-state index contributed by atoms with van der Waals surface area (Å²) in [7, 11) is 0. The molecule has 0 bridgehead atoms. The molecule has 0 saturated carbocycles. The summed E-state index contributed by atoms with van der Waals surface area (Å²) in [5, 5.41) is 7.74. The minimum Gasteiger partial charge on any atom is -0.310 e. The van der Waals surface area contributed by atoms with Crippen molar-refractivity contribution in [2.45, 2.75) is 26.3 Å². The quantitative estimate of drug-likeness (QED) is 0.856. The van der Waals surface area contributed by atoms with Crippen LogP contribution in [0.1, 0.15) is 29.7 Å². The van der Waals surface area contributed by atoms with Crippen LogP contribution in [0.3, 0.4) is 0 Å². The van der Waals surface area contributed by atoms with Crippen LogP contribution in [0.25, 0.3) is 0 Å². The van der Waals surface area contributed by atoms with Crippen LogP contribution in [-0.4, -0.2) is 6.54 Å². The van der Waals surface area contributed by atoms with Gasteiger partial charge in [-0.25, -0.2) is 4.39 Å². The second-order valence-electron chi connectivity index (χ2n) is 4.42. The third-order valence-corrected chi connectivity index (χ3v) is 3.98. The molecule has 1 aromatic carbocycles. The number of likely N-dealkylation sites (N-methyl/N-ethyl adjacent to an activating group) is 1. The van der Waals surface area contributed by atoms with E-state index in [0.717, 1.165) is 12.1 Å². The lowest BCUT2D eigenvalue weighted by Gasteiger charge is -2.18. The van der Waals surface area contributed by atoms with Crippen molar-refractivity contribution in [2.75, 3.05) is 6.54 Å². The molecule has 1 unspecified atom stereocenters. The topological polar surface area (TPSA) is 12.0 Å². The molecular formula is C15H18FNS. The highest BCUT2D eigenvalue weighted by Gasteiger charge is 2.15. The minimum absolute atomic E-state index is 0.117. The molecule has 0 aliphatic heterocycles. The highest BCUT2D eigenvalue weighted by Crippen LogP contribution is 2.25. The van der Waals surface area contributed by atoms with Gasteiger partial charge >= 0.3 is 0 Å². The molecule has 1 heterocycles. The molecule has 1 nitrogen and oxygen atoms in total. The summed E-state index contributed by atoms with van der Waals surface area (Å²) in [5.41, 5.74) is 3.33. The zero-order chi connectivity index (χ0) is 13.0. The Labute approximate surface area is 112 Å². The number of nitrogens with one attached hydrogen (secondary N) is 1. The van der Waals surface area contributed by atoms with E-state index in [2.05, 4.69) is 29.9 Å². The normalized spacial score (nSPS) is 12.6. The van der Waals surface area contributed by atoms with Crippen molar-refractivity contribution in [1.82, 2.24) is 5.32 Å². The molecule has 1 aromatic heterocycles. The number of hydrogen-bond donors (Lipinski definition) is 1. The van der Waals surface area contributed by atoms with Crippen LogP contribution in [0.2, 0.25) is 0 Å². The van der Waals surface area contributed by atoms with Gasteiger partial charge in [0, 0.05) is 6.04 Å². The average Bonchev–Trinajstić information content (AvgIpc) is 2.78. The van der Waals surface area contributed by atoms with Gasteiger partial charge in [0.25, 0.3) is 0 Å². The fourth-order valence-corrected chi connectivity index (χ4v) is 3.05. The fraction of sp³-hybridized carbons (Fsp3) is 0.333. The second kappa shape index (κ2) is 6.12. The summed E-state index contributed by atoms with van der Waals surface area (Å²) < 4.78 is 13.7. The first kappa shape index (κ1) is 13.2. The molecule has 3 heteroatoms. The maximum absolute atomic E-state index is 13.7. The van der Waals surface area contributed by atoms with Crippen LogP contribution in [0.5, 0.6) is 0 Å². The summed E-state index contributed by atoms with van der Waals surface area (Å²) in [5.74, 6) is -0.117. The molecular weight excluding hydrogens is 245 g/mol. The Kier molecular flexibility index (Phi) is 4.50. The zero-order valence-electron chi connectivity index (χ0n) is 10.7. The number of halogens is 1. The van der Waals surface area contributed by atoms with Crippen LogP contribution in [0.15, 0.2) is 35.0 Å². The maximum atomic E-state index is 13.7. The number of aryl methyl sites for hydroxylation is 1. The standard InChI is InChI=1S/C15H18FNS/c1-3-17-15(13-10-18-9-11(13)2)8-12-6-4-5-7-14(12)16/h4-7,9-10,15,17H,3,8H2,1-2H3. The van der Waals surface area contributed by atoms with Crippen molar-refractivity contribution in [3.05, 3.63) is 57.5 Å². The van der Waals surface area contributed by atoms with Gasteiger partial charge < -0.3 is 5.32 Å². The molecule has 0 aliphatic carbocycles. The predicted molar refractivity (Wildman–Crippen MR) is 75.6 cm³/mol. The van der Waals surface area contributed by atoms with E-state index in [4.69, 9.17) is 0 Å². The maximum Gasteiger partial charge on any atom is 0.126 e. The minimum atomic E-state index is -0.117. The Morgan fingerprint density at radius 3 is 2.67 bits per heavy atom. The van der Waals surface area contributed by atoms with Crippen LogP contribution in [0.4, 0.5) is 4.39 Å². The lowest BCUT2D eigenvalue weighted by Crippen LogP contribution is -2.23. The lowest BCUT2D eigenvalue weighted by molar-refractivity contribution is 0.527. The van der Waals surface area contributed by atoms with Crippen molar-refractivity contribution in [3.8, 4) is 0 Å². The average molecular weight is 263 g/mol. The third kappa shape index (κ3) is 2.98. The number of thiophene rings is 1. The van der Waals surface area contributed by atoms with Crippen molar-refractivity contribution in [3.63, 3.8) is 0 Å². The van der Waals surface area contributed by atoms with Crippen LogP contribution in [0, 0.1) is 12.7 Å². The molecule has 0 spiro atoms. The number of rotatable bonds is 5. The van der Waals surface area contributed by atoms with Gasteiger partial charge in [-0.05, 0) is 53.4 Å². The van der Waals surface area contributed by atoms with E-state index in [1.807, 2.05) is 12.1 Å². The zero-order valence-corrected chi connectivity index (χ0v) is 11.6. The van der Waals surface area contributed by atoms with Crippen LogP contribution < -0.4 is 5.32 Å². The van der Waals surface area contributed by atoms with E-state index >= 15 is 0 Å². The van der Waals surface area contributed by atoms with E-state index in [9.17, 15) is 4.39 Å². The smallest absolute Gasteiger partial charge is 0.126 e. The van der Waals surface area contributed by atoms with Gasteiger partial charge in [-0.3, -0.25) is 0 Å². The fourth-order valence-electron chi connectivity index (χ4n) is 2.15. The van der Waals surface area contributed by atoms with Crippen molar-refractivity contribution in [2.24, 2.45) is 0 Å². The van der Waals surface area contributed by atoms with Crippen molar-refractivity contribution in [1.29, 1.82) is 0 Å². The summed E-state index contributed by atoms with van der Waals surface area (Å²) in [6.07, 6.45) is 0.693. The second-order valence-corrected chi connectivity index (χ2v) is 5.16. The first-order chi connectivity index (χ1) is 8.72. The van der Waals surface area contributed by atoms with Crippen LogP contribution >= 0.6 is 11.3 Å².